The van der Waals surface area contributed by atoms with Gasteiger partial charge in [-0.15, -0.1) is 34.2 Å². The second kappa shape index (κ2) is 12.5. The van der Waals surface area contributed by atoms with Crippen molar-refractivity contribution in [3.8, 4) is 0 Å². The Bertz CT molecular complexity index is 491. The molecule has 1 aromatic rings. The Balaban J connectivity index is 0.00000288. The fourth-order valence-corrected chi connectivity index (χ4v) is 2.66. The first-order valence-electron chi connectivity index (χ1n) is 8.86. The van der Waals surface area contributed by atoms with Gasteiger partial charge >= 0.3 is 0 Å². The maximum atomic E-state index is 5.35. The molecule has 0 aromatic carbocycles. The molecule has 0 bridgehead atoms. The number of ether oxygens (including phenoxy) is 1. The molecule has 2 rings (SSSR count). The van der Waals surface area contributed by atoms with Crippen LogP contribution in [-0.4, -0.2) is 47.0 Å². The van der Waals surface area contributed by atoms with Gasteiger partial charge in [0.05, 0.1) is 0 Å². The summed E-state index contributed by atoms with van der Waals surface area (Å²) in [5.74, 6) is 2.92. The number of aryl methyl sites for hydroxylation is 1. The summed E-state index contributed by atoms with van der Waals surface area (Å²) in [6.45, 7) is 9.07. The third-order valence-corrected chi connectivity index (χ3v) is 3.87. The van der Waals surface area contributed by atoms with Crippen LogP contribution in [0, 0.1) is 0 Å². The van der Waals surface area contributed by atoms with Crippen LogP contribution in [0.4, 0.5) is 0 Å². The number of halogens is 1. The number of guanidine groups is 1. The minimum atomic E-state index is 0. The molecule has 138 valence electrons. The van der Waals surface area contributed by atoms with Crippen LogP contribution >= 0.6 is 24.0 Å². The monoisotopic (exact) mass is 450 g/mol. The first-order valence-corrected chi connectivity index (χ1v) is 8.86. The van der Waals surface area contributed by atoms with Crippen LogP contribution in [0.15, 0.2) is 4.99 Å². The highest BCUT2D eigenvalue weighted by Gasteiger charge is 2.15. The van der Waals surface area contributed by atoms with Gasteiger partial charge in [-0.3, -0.25) is 0 Å². The van der Waals surface area contributed by atoms with Crippen molar-refractivity contribution in [1.29, 1.82) is 0 Å². The largest absolute Gasteiger partial charge is 0.382 e. The summed E-state index contributed by atoms with van der Waals surface area (Å²) >= 11 is 0. The number of aromatic nitrogens is 3. The van der Waals surface area contributed by atoms with Gasteiger partial charge in [-0.1, -0.05) is 0 Å². The summed E-state index contributed by atoms with van der Waals surface area (Å²) in [5.41, 5.74) is 0. The van der Waals surface area contributed by atoms with Crippen LogP contribution in [0.5, 0.6) is 0 Å². The van der Waals surface area contributed by atoms with E-state index < -0.39 is 0 Å². The lowest BCUT2D eigenvalue weighted by Crippen LogP contribution is -2.37. The molecule has 1 aliphatic rings. The van der Waals surface area contributed by atoms with Crippen molar-refractivity contribution in [1.82, 2.24) is 25.4 Å². The van der Waals surface area contributed by atoms with E-state index in [-0.39, 0.29) is 24.0 Å². The van der Waals surface area contributed by atoms with Crippen LogP contribution in [0.25, 0.3) is 0 Å². The first kappa shape index (κ1) is 21.1. The highest BCUT2D eigenvalue weighted by atomic mass is 127. The number of unbranched alkanes of at least 4 members (excludes halogenated alkanes) is 1. The van der Waals surface area contributed by atoms with Gasteiger partial charge in [0, 0.05) is 39.3 Å². The first-order chi connectivity index (χ1) is 11.3. The Labute approximate surface area is 162 Å². The van der Waals surface area contributed by atoms with Gasteiger partial charge in [0.2, 0.25) is 0 Å². The molecule has 1 aliphatic heterocycles. The average molecular weight is 450 g/mol. The predicted octanol–water partition coefficient (Wildman–Crippen LogP) is 2.10. The van der Waals surface area contributed by atoms with Gasteiger partial charge in [0.1, 0.15) is 12.4 Å². The number of hydrogen-bond acceptors (Lipinski definition) is 4. The molecule has 0 radical (unpaired) electrons. The van der Waals surface area contributed by atoms with Gasteiger partial charge < -0.3 is 19.9 Å². The average Bonchev–Trinajstić information content (AvgIpc) is 2.99. The zero-order chi connectivity index (χ0) is 16.3. The third-order valence-electron chi connectivity index (χ3n) is 3.87. The summed E-state index contributed by atoms with van der Waals surface area (Å²) in [7, 11) is 0. The SMILES string of the molecule is CCNC(=NCc1nnc2n1CCCC2)NCCCCOCC.I. The smallest absolute Gasteiger partial charge is 0.191 e. The van der Waals surface area contributed by atoms with E-state index in [9.17, 15) is 0 Å². The molecule has 0 unspecified atom stereocenters. The highest BCUT2D eigenvalue weighted by Crippen LogP contribution is 2.14. The molecule has 8 heteroatoms. The van der Waals surface area contributed by atoms with Crippen molar-refractivity contribution in [3.63, 3.8) is 0 Å². The standard InChI is InChI=1S/C16H30N6O.HI/c1-3-17-16(18-10-6-8-12-23-4-2)19-13-15-21-20-14-9-5-7-11-22(14)15;/h3-13H2,1-2H3,(H2,17,18,19);1H. The Morgan fingerprint density at radius 3 is 2.88 bits per heavy atom. The Morgan fingerprint density at radius 2 is 2.08 bits per heavy atom. The molecule has 24 heavy (non-hydrogen) atoms. The van der Waals surface area contributed by atoms with Gasteiger partial charge in [0.25, 0.3) is 0 Å². The molecule has 7 nitrogen and oxygen atoms in total. The van der Waals surface area contributed by atoms with Gasteiger partial charge in [-0.25, -0.2) is 4.99 Å². The molecule has 0 saturated carbocycles. The topological polar surface area (TPSA) is 76.4 Å². The third kappa shape index (κ3) is 6.92. The molecule has 0 fully saturated rings. The van der Waals surface area contributed by atoms with E-state index in [1.54, 1.807) is 0 Å². The fraction of sp³-hybridized carbons (Fsp3) is 0.812. The van der Waals surface area contributed by atoms with E-state index in [0.717, 1.165) is 69.7 Å². The summed E-state index contributed by atoms with van der Waals surface area (Å²) in [5, 5.41) is 15.2. The number of nitrogens with one attached hydrogen (secondary N) is 2. The number of rotatable bonds is 9. The van der Waals surface area contributed by atoms with E-state index >= 15 is 0 Å². The van der Waals surface area contributed by atoms with Crippen LogP contribution < -0.4 is 10.6 Å². The number of fused-ring (bicyclic) bond motifs is 1. The zero-order valence-corrected chi connectivity index (χ0v) is 17.2. The van der Waals surface area contributed by atoms with E-state index in [0.29, 0.717) is 6.54 Å². The molecule has 0 amide bonds. The Kier molecular flexibility index (Phi) is 11.0. The Morgan fingerprint density at radius 1 is 1.21 bits per heavy atom. The molecule has 0 saturated heterocycles. The number of hydrogen-bond donors (Lipinski definition) is 2. The lowest BCUT2D eigenvalue weighted by molar-refractivity contribution is 0.143. The van der Waals surface area contributed by atoms with Crippen LogP contribution in [0.3, 0.4) is 0 Å². The zero-order valence-electron chi connectivity index (χ0n) is 14.9. The molecular weight excluding hydrogens is 419 g/mol. The Hall–Kier alpha value is -0.900. The van der Waals surface area contributed by atoms with Crippen molar-refractivity contribution in [2.24, 2.45) is 4.99 Å². The van der Waals surface area contributed by atoms with Gasteiger partial charge in [-0.05, 0) is 39.5 Å². The van der Waals surface area contributed by atoms with Crippen LogP contribution in [0.2, 0.25) is 0 Å². The van der Waals surface area contributed by atoms with E-state index in [1.807, 2.05) is 6.92 Å². The maximum Gasteiger partial charge on any atom is 0.191 e. The molecule has 2 heterocycles. The second-order valence-electron chi connectivity index (χ2n) is 5.67. The van der Waals surface area contributed by atoms with Crippen molar-refractivity contribution in [2.45, 2.75) is 59.0 Å². The summed E-state index contributed by atoms with van der Waals surface area (Å²) in [4.78, 5) is 4.64. The minimum absolute atomic E-state index is 0. The van der Waals surface area contributed by atoms with Crippen molar-refractivity contribution in [3.05, 3.63) is 11.6 Å². The van der Waals surface area contributed by atoms with Crippen molar-refractivity contribution >= 4 is 29.9 Å². The van der Waals surface area contributed by atoms with E-state index in [1.165, 1.54) is 12.8 Å². The van der Waals surface area contributed by atoms with Gasteiger partial charge in [0.15, 0.2) is 11.8 Å². The molecule has 1 aromatic heterocycles. The fourth-order valence-electron chi connectivity index (χ4n) is 2.66. The predicted molar refractivity (Wildman–Crippen MR) is 107 cm³/mol. The number of aliphatic imine (C=N–C) groups is 1. The molecular formula is C16H31IN6O. The summed E-state index contributed by atoms with van der Waals surface area (Å²) < 4.78 is 7.57. The quantitative estimate of drug-likeness (QED) is 0.261. The van der Waals surface area contributed by atoms with Gasteiger partial charge in [-0.2, -0.15) is 0 Å². The summed E-state index contributed by atoms with van der Waals surface area (Å²) in [6, 6.07) is 0. The second-order valence-corrected chi connectivity index (χ2v) is 5.67. The number of nitrogens with zero attached hydrogens (tertiary/aromatic N) is 4. The van der Waals surface area contributed by atoms with Crippen LogP contribution in [0.1, 0.15) is 51.2 Å². The highest BCUT2D eigenvalue weighted by molar-refractivity contribution is 14.0. The minimum Gasteiger partial charge on any atom is -0.382 e. The molecule has 0 spiro atoms. The molecule has 0 aliphatic carbocycles. The molecule has 0 atom stereocenters. The normalized spacial score (nSPS) is 14.0. The van der Waals surface area contributed by atoms with Crippen LogP contribution in [-0.2, 0) is 24.2 Å². The lowest BCUT2D eigenvalue weighted by Gasteiger charge is -2.14. The van der Waals surface area contributed by atoms with E-state index in [4.69, 9.17) is 4.74 Å². The summed E-state index contributed by atoms with van der Waals surface area (Å²) in [6.07, 6.45) is 5.60. The lowest BCUT2D eigenvalue weighted by atomic mass is 10.2. The van der Waals surface area contributed by atoms with E-state index in [2.05, 4.69) is 37.3 Å². The van der Waals surface area contributed by atoms with Crippen molar-refractivity contribution in [2.75, 3.05) is 26.3 Å². The van der Waals surface area contributed by atoms with Crippen molar-refractivity contribution < 1.29 is 4.74 Å². The molecule has 2 N–H and O–H groups in total. The maximum absolute atomic E-state index is 5.35.